The molecule has 0 aromatic rings. The predicted octanol–water partition coefficient (Wildman–Crippen LogP) is 1.91. The monoisotopic (exact) mass is 178 g/mol. The zero-order chi connectivity index (χ0) is 9.07. The van der Waals surface area contributed by atoms with Gasteiger partial charge in [-0.05, 0) is 19.8 Å². The van der Waals surface area contributed by atoms with E-state index in [0.717, 1.165) is 5.57 Å². The van der Waals surface area contributed by atoms with Crippen molar-refractivity contribution in [3.63, 3.8) is 0 Å². The molecule has 0 aliphatic rings. The molecule has 1 unspecified atom stereocenters. The summed E-state index contributed by atoms with van der Waals surface area (Å²) < 4.78 is 10.6. The molecule has 0 aliphatic heterocycles. The smallest absolute Gasteiger partial charge is 0.324 e. The highest BCUT2D eigenvalue weighted by Crippen LogP contribution is 2.43. The summed E-state index contributed by atoms with van der Waals surface area (Å²) in [6.07, 6.45) is 1.20. The van der Waals surface area contributed by atoms with Crippen LogP contribution in [-0.2, 0) is 4.57 Å². The fourth-order valence-corrected chi connectivity index (χ4v) is 1.09. The van der Waals surface area contributed by atoms with Gasteiger partial charge in [0.2, 0.25) is 0 Å². The quantitative estimate of drug-likeness (QED) is 0.510. The Labute approximate surface area is 67.3 Å². The molecule has 0 saturated heterocycles. The number of hydrogen-bond donors (Lipinski definition) is 2. The maximum absolute atomic E-state index is 10.6. The van der Waals surface area contributed by atoms with Gasteiger partial charge in [-0.2, -0.15) is 0 Å². The van der Waals surface area contributed by atoms with E-state index in [9.17, 15) is 4.57 Å². The SMILES string of the molecule is C=C(C)CCC(C)P(=O)(O)O. The molecule has 0 spiro atoms. The molecule has 66 valence electrons. The van der Waals surface area contributed by atoms with Crippen molar-refractivity contribution in [2.45, 2.75) is 32.3 Å². The summed E-state index contributed by atoms with van der Waals surface area (Å²) in [5, 5.41) is 0. The summed E-state index contributed by atoms with van der Waals surface area (Å²) in [5.41, 5.74) is 0.421. The third-order valence-corrected chi connectivity index (χ3v) is 2.97. The average Bonchev–Trinajstić information content (AvgIpc) is 1.80. The largest absolute Gasteiger partial charge is 0.328 e. The number of allylic oxidation sites excluding steroid dienone is 1. The normalized spacial score (nSPS) is 14.5. The van der Waals surface area contributed by atoms with E-state index < -0.39 is 13.3 Å². The zero-order valence-electron chi connectivity index (χ0n) is 6.95. The van der Waals surface area contributed by atoms with Crippen LogP contribution in [0, 0.1) is 0 Å². The van der Waals surface area contributed by atoms with E-state index in [1.54, 1.807) is 6.92 Å². The van der Waals surface area contributed by atoms with Crippen LogP contribution in [0.25, 0.3) is 0 Å². The summed E-state index contributed by atoms with van der Waals surface area (Å²) in [6.45, 7) is 7.07. The van der Waals surface area contributed by atoms with E-state index in [1.807, 2.05) is 6.92 Å². The zero-order valence-corrected chi connectivity index (χ0v) is 7.84. The molecule has 0 aromatic heterocycles. The van der Waals surface area contributed by atoms with Gasteiger partial charge in [0.15, 0.2) is 0 Å². The molecule has 2 N–H and O–H groups in total. The lowest BCUT2D eigenvalue weighted by molar-refractivity contribution is 0.357. The minimum Gasteiger partial charge on any atom is -0.324 e. The molecule has 0 rings (SSSR count). The minimum absolute atomic E-state index is 0.514. The second-order valence-corrected chi connectivity index (χ2v) is 4.99. The first-order valence-electron chi connectivity index (χ1n) is 3.53. The first-order valence-corrected chi connectivity index (χ1v) is 5.22. The van der Waals surface area contributed by atoms with Gasteiger partial charge in [0.25, 0.3) is 0 Å². The van der Waals surface area contributed by atoms with Crippen LogP contribution >= 0.6 is 7.60 Å². The van der Waals surface area contributed by atoms with Crippen LogP contribution in [0.15, 0.2) is 12.2 Å². The summed E-state index contributed by atoms with van der Waals surface area (Å²) in [4.78, 5) is 17.4. The van der Waals surface area contributed by atoms with Crippen LogP contribution in [0.5, 0.6) is 0 Å². The van der Waals surface area contributed by atoms with Crippen molar-refractivity contribution < 1.29 is 14.4 Å². The maximum Gasteiger partial charge on any atom is 0.328 e. The van der Waals surface area contributed by atoms with Crippen LogP contribution in [0.3, 0.4) is 0 Å². The molecule has 0 saturated carbocycles. The van der Waals surface area contributed by atoms with Crippen molar-refractivity contribution in [3.8, 4) is 0 Å². The molecule has 0 aromatic carbocycles. The molecule has 0 radical (unpaired) electrons. The van der Waals surface area contributed by atoms with Gasteiger partial charge in [0.05, 0.1) is 5.66 Å². The Bertz CT molecular complexity index is 182. The maximum atomic E-state index is 10.6. The van der Waals surface area contributed by atoms with Crippen molar-refractivity contribution in [2.24, 2.45) is 0 Å². The minimum atomic E-state index is -3.85. The van der Waals surface area contributed by atoms with Gasteiger partial charge in [0, 0.05) is 0 Å². The van der Waals surface area contributed by atoms with Gasteiger partial charge in [-0.3, -0.25) is 4.57 Å². The number of rotatable bonds is 4. The molecule has 3 nitrogen and oxygen atoms in total. The van der Waals surface area contributed by atoms with E-state index in [-0.39, 0.29) is 0 Å². The van der Waals surface area contributed by atoms with E-state index in [4.69, 9.17) is 9.79 Å². The topological polar surface area (TPSA) is 57.5 Å². The Balaban J connectivity index is 3.80. The second kappa shape index (κ2) is 4.05. The molecule has 0 heterocycles. The lowest BCUT2D eigenvalue weighted by Crippen LogP contribution is -2.02. The highest BCUT2D eigenvalue weighted by Gasteiger charge is 2.22. The van der Waals surface area contributed by atoms with E-state index >= 15 is 0 Å². The van der Waals surface area contributed by atoms with Crippen molar-refractivity contribution in [1.29, 1.82) is 0 Å². The van der Waals surface area contributed by atoms with Crippen LogP contribution < -0.4 is 0 Å². The summed E-state index contributed by atoms with van der Waals surface area (Å²) in [5.74, 6) is 0. The molecule has 4 heteroatoms. The molecule has 0 bridgehead atoms. The Morgan fingerprint density at radius 1 is 1.64 bits per heavy atom. The van der Waals surface area contributed by atoms with Gasteiger partial charge in [0.1, 0.15) is 0 Å². The molecular formula is C7H15O3P. The van der Waals surface area contributed by atoms with E-state index in [2.05, 4.69) is 6.58 Å². The predicted molar refractivity (Wildman–Crippen MR) is 45.6 cm³/mol. The van der Waals surface area contributed by atoms with E-state index in [1.165, 1.54) is 0 Å². The Morgan fingerprint density at radius 2 is 2.09 bits per heavy atom. The Morgan fingerprint density at radius 3 is 2.36 bits per heavy atom. The van der Waals surface area contributed by atoms with Crippen LogP contribution in [0.2, 0.25) is 0 Å². The molecule has 0 amide bonds. The Kier molecular flexibility index (Phi) is 4.01. The van der Waals surface area contributed by atoms with Gasteiger partial charge in [-0.1, -0.05) is 12.5 Å². The third kappa shape index (κ3) is 5.19. The van der Waals surface area contributed by atoms with Crippen molar-refractivity contribution in [2.75, 3.05) is 0 Å². The van der Waals surface area contributed by atoms with Crippen LogP contribution in [-0.4, -0.2) is 15.4 Å². The first kappa shape index (κ1) is 10.9. The highest BCUT2D eigenvalue weighted by atomic mass is 31.2. The molecule has 11 heavy (non-hydrogen) atoms. The van der Waals surface area contributed by atoms with Crippen LogP contribution in [0.1, 0.15) is 26.7 Å². The fraction of sp³-hybridized carbons (Fsp3) is 0.714. The molecule has 0 fully saturated rings. The van der Waals surface area contributed by atoms with Crippen molar-refractivity contribution in [3.05, 3.63) is 12.2 Å². The average molecular weight is 178 g/mol. The molecular weight excluding hydrogens is 163 g/mol. The lowest BCUT2D eigenvalue weighted by atomic mass is 10.1. The molecule has 0 aliphatic carbocycles. The standard InChI is InChI=1S/C7H15O3P/c1-6(2)4-5-7(3)11(8,9)10/h7H,1,4-5H2,2-3H3,(H2,8,9,10). The van der Waals surface area contributed by atoms with Gasteiger partial charge in [-0.25, -0.2) is 0 Å². The summed E-state index contributed by atoms with van der Waals surface area (Å²) in [7, 11) is -3.85. The summed E-state index contributed by atoms with van der Waals surface area (Å²) >= 11 is 0. The Hall–Kier alpha value is -0.110. The summed E-state index contributed by atoms with van der Waals surface area (Å²) in [6, 6.07) is 0. The highest BCUT2D eigenvalue weighted by molar-refractivity contribution is 7.52. The van der Waals surface area contributed by atoms with Crippen molar-refractivity contribution >= 4 is 7.60 Å². The number of hydrogen-bond acceptors (Lipinski definition) is 1. The van der Waals surface area contributed by atoms with E-state index in [0.29, 0.717) is 12.8 Å². The lowest BCUT2D eigenvalue weighted by Gasteiger charge is -2.12. The fourth-order valence-electron chi connectivity index (χ4n) is 0.623. The first-order chi connectivity index (χ1) is 4.84. The third-order valence-electron chi connectivity index (χ3n) is 1.56. The van der Waals surface area contributed by atoms with Gasteiger partial charge >= 0.3 is 7.60 Å². The second-order valence-electron chi connectivity index (χ2n) is 2.93. The van der Waals surface area contributed by atoms with Crippen LogP contribution in [0.4, 0.5) is 0 Å². The van der Waals surface area contributed by atoms with Gasteiger partial charge < -0.3 is 9.79 Å². The van der Waals surface area contributed by atoms with Crippen molar-refractivity contribution in [1.82, 2.24) is 0 Å². The molecule has 1 atom stereocenters. The van der Waals surface area contributed by atoms with Gasteiger partial charge in [-0.15, -0.1) is 6.58 Å².